The van der Waals surface area contributed by atoms with E-state index in [2.05, 4.69) is 0 Å². The summed E-state index contributed by atoms with van der Waals surface area (Å²) >= 11 is 0. The van der Waals surface area contributed by atoms with Crippen molar-refractivity contribution in [3.05, 3.63) is 0 Å². The summed E-state index contributed by atoms with van der Waals surface area (Å²) in [5.74, 6) is 0. The Labute approximate surface area is 80.3 Å². The fourth-order valence-electron chi connectivity index (χ4n) is 1.65. The Morgan fingerprint density at radius 1 is 0.846 bits per heavy atom. The van der Waals surface area contributed by atoms with Crippen molar-refractivity contribution in [2.75, 3.05) is 13.1 Å². The first-order valence-electron chi connectivity index (χ1n) is 4.88. The summed E-state index contributed by atoms with van der Waals surface area (Å²) in [6.45, 7) is 1.19. The van der Waals surface area contributed by atoms with Crippen LogP contribution >= 0.6 is 0 Å². The summed E-state index contributed by atoms with van der Waals surface area (Å²) in [5.41, 5.74) is 0. The van der Waals surface area contributed by atoms with Crippen molar-refractivity contribution in [1.82, 2.24) is 4.31 Å². The highest BCUT2D eigenvalue weighted by Gasteiger charge is 2.16. The Bertz CT molecular complexity index is 229. The third kappa shape index (κ3) is 4.06. The average Bonchev–Trinajstić information content (AvgIpc) is 2.14. The minimum Gasteiger partial charge on any atom is -0.216 e. The lowest BCUT2D eigenvalue weighted by Gasteiger charge is -2.17. The predicted molar refractivity (Wildman–Crippen MR) is 52.4 cm³/mol. The normalized spacial score (nSPS) is 23.2. The minimum atomic E-state index is -3.45. The summed E-state index contributed by atoms with van der Waals surface area (Å²) in [6.07, 6.45) is 6.56. The average molecular weight is 206 g/mol. The van der Waals surface area contributed by atoms with Crippen LogP contribution in [0.5, 0.6) is 0 Å². The molecule has 5 heteroatoms. The first-order chi connectivity index (χ1) is 6.11. The zero-order valence-corrected chi connectivity index (χ0v) is 8.72. The standard InChI is InChI=1S/C8H18N2O2S/c9-13(11,12)10-7-5-3-1-2-4-6-8-10/h1-8H2,(H2,9,11,12). The van der Waals surface area contributed by atoms with E-state index in [4.69, 9.17) is 5.14 Å². The summed E-state index contributed by atoms with van der Waals surface area (Å²) < 4.78 is 23.5. The van der Waals surface area contributed by atoms with Crippen molar-refractivity contribution >= 4 is 10.2 Å². The molecule has 78 valence electrons. The van der Waals surface area contributed by atoms with E-state index in [-0.39, 0.29) is 0 Å². The van der Waals surface area contributed by atoms with Crippen molar-refractivity contribution in [3.63, 3.8) is 0 Å². The minimum absolute atomic E-state index is 0.596. The van der Waals surface area contributed by atoms with Crippen LogP contribution in [-0.2, 0) is 10.2 Å². The first-order valence-corrected chi connectivity index (χ1v) is 6.39. The smallest absolute Gasteiger partial charge is 0.216 e. The fourth-order valence-corrected chi connectivity index (χ4v) is 2.42. The summed E-state index contributed by atoms with van der Waals surface area (Å²) in [6, 6.07) is 0. The van der Waals surface area contributed by atoms with E-state index in [0.717, 1.165) is 25.7 Å². The maximum atomic E-state index is 11.1. The van der Waals surface area contributed by atoms with E-state index in [1.54, 1.807) is 0 Å². The van der Waals surface area contributed by atoms with Crippen LogP contribution in [0, 0.1) is 0 Å². The lowest BCUT2D eigenvalue weighted by Crippen LogP contribution is -2.37. The van der Waals surface area contributed by atoms with Gasteiger partial charge in [-0.05, 0) is 12.8 Å². The van der Waals surface area contributed by atoms with Crippen LogP contribution in [0.2, 0.25) is 0 Å². The monoisotopic (exact) mass is 206 g/mol. The van der Waals surface area contributed by atoms with Gasteiger partial charge in [0.1, 0.15) is 0 Å². The largest absolute Gasteiger partial charge is 0.276 e. The Kier molecular flexibility index (Phi) is 4.15. The van der Waals surface area contributed by atoms with E-state index in [1.165, 1.54) is 17.1 Å². The van der Waals surface area contributed by atoms with Crippen LogP contribution in [0.15, 0.2) is 0 Å². The van der Waals surface area contributed by atoms with E-state index in [9.17, 15) is 8.42 Å². The molecule has 1 heterocycles. The summed E-state index contributed by atoms with van der Waals surface area (Å²) in [7, 11) is -3.45. The summed E-state index contributed by atoms with van der Waals surface area (Å²) in [4.78, 5) is 0. The molecule has 0 radical (unpaired) electrons. The van der Waals surface area contributed by atoms with Gasteiger partial charge in [0.2, 0.25) is 0 Å². The van der Waals surface area contributed by atoms with E-state index < -0.39 is 10.2 Å². The van der Waals surface area contributed by atoms with Gasteiger partial charge in [-0.25, -0.2) is 5.14 Å². The maximum Gasteiger partial charge on any atom is 0.276 e. The fraction of sp³-hybridized carbons (Fsp3) is 1.00. The first kappa shape index (κ1) is 10.9. The second-order valence-electron chi connectivity index (χ2n) is 3.57. The second-order valence-corrected chi connectivity index (χ2v) is 5.11. The molecule has 0 unspecified atom stereocenters. The molecule has 2 N–H and O–H groups in total. The Morgan fingerprint density at radius 2 is 1.23 bits per heavy atom. The summed E-state index contributed by atoms with van der Waals surface area (Å²) in [5, 5.41) is 5.08. The van der Waals surface area contributed by atoms with Crippen LogP contribution in [0.25, 0.3) is 0 Å². The molecule has 1 fully saturated rings. The predicted octanol–water partition coefficient (Wildman–Crippen LogP) is 0.846. The lowest BCUT2D eigenvalue weighted by molar-refractivity contribution is 0.402. The van der Waals surface area contributed by atoms with Crippen LogP contribution in [-0.4, -0.2) is 25.8 Å². The molecule has 0 atom stereocenters. The molecule has 0 saturated carbocycles. The van der Waals surface area contributed by atoms with E-state index >= 15 is 0 Å². The molecule has 1 saturated heterocycles. The van der Waals surface area contributed by atoms with Crippen molar-refractivity contribution < 1.29 is 8.42 Å². The van der Waals surface area contributed by atoms with Gasteiger partial charge in [-0.15, -0.1) is 0 Å². The third-order valence-electron chi connectivity index (χ3n) is 2.42. The van der Waals surface area contributed by atoms with Gasteiger partial charge in [0.15, 0.2) is 0 Å². The topological polar surface area (TPSA) is 63.4 Å². The molecule has 0 bridgehead atoms. The Hall–Kier alpha value is -0.130. The molecule has 0 aromatic carbocycles. The number of nitrogens with two attached hydrogens (primary N) is 1. The molecule has 13 heavy (non-hydrogen) atoms. The van der Waals surface area contributed by atoms with Crippen LogP contribution < -0.4 is 5.14 Å². The SMILES string of the molecule is NS(=O)(=O)N1CCCCCCCC1. The Morgan fingerprint density at radius 3 is 1.62 bits per heavy atom. The zero-order valence-electron chi connectivity index (χ0n) is 7.91. The molecule has 1 aliphatic heterocycles. The molecule has 0 aromatic heterocycles. The lowest BCUT2D eigenvalue weighted by atomic mass is 10.1. The van der Waals surface area contributed by atoms with Gasteiger partial charge in [-0.2, -0.15) is 12.7 Å². The highest BCUT2D eigenvalue weighted by Crippen LogP contribution is 2.12. The van der Waals surface area contributed by atoms with Gasteiger partial charge in [-0.1, -0.05) is 25.7 Å². The number of rotatable bonds is 1. The Balaban J connectivity index is 2.51. The third-order valence-corrected chi connectivity index (χ3v) is 3.51. The molecule has 0 amide bonds. The van der Waals surface area contributed by atoms with Crippen molar-refractivity contribution in [2.45, 2.75) is 38.5 Å². The molecule has 1 rings (SSSR count). The van der Waals surface area contributed by atoms with Crippen molar-refractivity contribution in [3.8, 4) is 0 Å². The van der Waals surface area contributed by atoms with E-state index in [1.807, 2.05) is 0 Å². The van der Waals surface area contributed by atoms with Gasteiger partial charge in [0.05, 0.1) is 0 Å². The van der Waals surface area contributed by atoms with Crippen molar-refractivity contribution in [1.29, 1.82) is 0 Å². The van der Waals surface area contributed by atoms with E-state index in [0.29, 0.717) is 13.1 Å². The highest BCUT2D eigenvalue weighted by molar-refractivity contribution is 7.86. The van der Waals surface area contributed by atoms with Gasteiger partial charge >= 0.3 is 0 Å². The molecular formula is C8H18N2O2S. The molecule has 0 aromatic rings. The van der Waals surface area contributed by atoms with Gasteiger partial charge in [-0.3, -0.25) is 0 Å². The molecule has 0 spiro atoms. The number of hydrogen-bond acceptors (Lipinski definition) is 2. The zero-order chi connectivity index (χ0) is 9.73. The van der Waals surface area contributed by atoms with Gasteiger partial charge in [0, 0.05) is 13.1 Å². The van der Waals surface area contributed by atoms with Gasteiger partial charge < -0.3 is 0 Å². The molecule has 4 nitrogen and oxygen atoms in total. The van der Waals surface area contributed by atoms with Gasteiger partial charge in [0.25, 0.3) is 10.2 Å². The van der Waals surface area contributed by atoms with Crippen LogP contribution in [0.4, 0.5) is 0 Å². The second kappa shape index (κ2) is 4.93. The van der Waals surface area contributed by atoms with Crippen molar-refractivity contribution in [2.24, 2.45) is 5.14 Å². The maximum absolute atomic E-state index is 11.1. The van der Waals surface area contributed by atoms with Crippen LogP contribution in [0.3, 0.4) is 0 Å². The highest BCUT2D eigenvalue weighted by atomic mass is 32.2. The molecular weight excluding hydrogens is 188 g/mol. The molecule has 1 aliphatic rings. The quantitative estimate of drug-likeness (QED) is 0.691. The number of hydrogen-bond donors (Lipinski definition) is 1. The number of nitrogens with zero attached hydrogens (tertiary/aromatic N) is 1. The molecule has 0 aliphatic carbocycles. The van der Waals surface area contributed by atoms with Crippen LogP contribution in [0.1, 0.15) is 38.5 Å².